The van der Waals surface area contributed by atoms with Gasteiger partial charge in [0.1, 0.15) is 0 Å². The molecule has 1 fully saturated rings. The molecule has 17 heavy (non-hydrogen) atoms. The molecule has 102 valence electrons. The van der Waals surface area contributed by atoms with Gasteiger partial charge in [-0.15, -0.1) is 0 Å². The van der Waals surface area contributed by atoms with Crippen molar-refractivity contribution in [3.05, 3.63) is 0 Å². The zero-order chi connectivity index (χ0) is 12.7. The maximum absolute atomic E-state index is 6.14. The van der Waals surface area contributed by atoms with Gasteiger partial charge in [-0.1, -0.05) is 32.6 Å². The number of likely N-dealkylation sites (N-methyl/N-ethyl adjacent to an activating group) is 2. The summed E-state index contributed by atoms with van der Waals surface area (Å²) in [6, 6.07) is 0. The topological polar surface area (TPSA) is 32.5 Å². The maximum atomic E-state index is 6.14. The van der Waals surface area contributed by atoms with Crippen molar-refractivity contribution >= 4 is 0 Å². The predicted molar refractivity (Wildman–Crippen MR) is 75.3 cm³/mol. The average Bonchev–Trinajstić information content (AvgIpc) is 2.56. The van der Waals surface area contributed by atoms with E-state index in [1.807, 2.05) is 0 Å². The van der Waals surface area contributed by atoms with Gasteiger partial charge in [-0.3, -0.25) is 4.90 Å². The summed E-state index contributed by atoms with van der Waals surface area (Å²) in [5, 5.41) is 0. The van der Waals surface area contributed by atoms with E-state index in [-0.39, 0.29) is 0 Å². The van der Waals surface area contributed by atoms with Gasteiger partial charge < -0.3 is 10.6 Å². The number of nitrogens with two attached hydrogens (primary N) is 1. The lowest BCUT2D eigenvalue weighted by atomic mass is 9.88. The van der Waals surface area contributed by atoms with Crippen LogP contribution in [0.2, 0.25) is 0 Å². The van der Waals surface area contributed by atoms with E-state index in [1.54, 1.807) is 0 Å². The Morgan fingerprint density at radius 3 is 2.00 bits per heavy atom. The van der Waals surface area contributed by atoms with Crippen LogP contribution in [-0.2, 0) is 0 Å². The molecule has 0 heterocycles. The second-order valence-corrected chi connectivity index (χ2v) is 5.73. The third-order valence-electron chi connectivity index (χ3n) is 4.28. The van der Waals surface area contributed by atoms with E-state index < -0.39 is 0 Å². The summed E-state index contributed by atoms with van der Waals surface area (Å²) < 4.78 is 0. The fraction of sp³-hybridized carbons (Fsp3) is 1.00. The van der Waals surface area contributed by atoms with E-state index in [4.69, 9.17) is 5.73 Å². The van der Waals surface area contributed by atoms with Crippen LogP contribution in [-0.4, -0.2) is 55.6 Å². The molecule has 0 unspecified atom stereocenters. The Morgan fingerprint density at radius 1 is 1.00 bits per heavy atom. The molecule has 3 heteroatoms. The summed E-state index contributed by atoms with van der Waals surface area (Å²) >= 11 is 0. The van der Waals surface area contributed by atoms with Gasteiger partial charge in [-0.25, -0.2) is 0 Å². The van der Waals surface area contributed by atoms with Gasteiger partial charge in [-0.05, 0) is 33.5 Å². The summed E-state index contributed by atoms with van der Waals surface area (Å²) in [4.78, 5) is 4.90. The van der Waals surface area contributed by atoms with E-state index in [9.17, 15) is 0 Å². The summed E-state index contributed by atoms with van der Waals surface area (Å²) in [5.41, 5.74) is 6.43. The molecule has 2 N–H and O–H groups in total. The van der Waals surface area contributed by atoms with Crippen molar-refractivity contribution in [2.24, 2.45) is 5.73 Å². The quantitative estimate of drug-likeness (QED) is 0.721. The molecule has 0 saturated heterocycles. The first-order valence-electron chi connectivity index (χ1n) is 7.24. The van der Waals surface area contributed by atoms with E-state index in [0.29, 0.717) is 5.54 Å². The summed E-state index contributed by atoms with van der Waals surface area (Å²) in [7, 11) is 4.30. The van der Waals surface area contributed by atoms with Crippen molar-refractivity contribution in [2.45, 2.75) is 51.0 Å². The molecule has 0 radical (unpaired) electrons. The molecular formula is C14H31N3. The molecule has 0 spiro atoms. The van der Waals surface area contributed by atoms with Crippen LogP contribution in [0.3, 0.4) is 0 Å². The van der Waals surface area contributed by atoms with Crippen molar-refractivity contribution in [3.63, 3.8) is 0 Å². The minimum atomic E-state index is 0.293. The van der Waals surface area contributed by atoms with Gasteiger partial charge in [0.2, 0.25) is 0 Å². The first-order chi connectivity index (χ1) is 8.14. The Balaban J connectivity index is 2.65. The van der Waals surface area contributed by atoms with Gasteiger partial charge in [-0.2, -0.15) is 0 Å². The van der Waals surface area contributed by atoms with E-state index in [0.717, 1.165) is 26.2 Å². The Morgan fingerprint density at radius 2 is 1.59 bits per heavy atom. The molecule has 1 aliphatic carbocycles. The van der Waals surface area contributed by atoms with Gasteiger partial charge in [0.15, 0.2) is 0 Å². The highest BCUT2D eigenvalue weighted by Crippen LogP contribution is 2.31. The minimum Gasteiger partial charge on any atom is -0.329 e. The van der Waals surface area contributed by atoms with Gasteiger partial charge >= 0.3 is 0 Å². The van der Waals surface area contributed by atoms with Gasteiger partial charge in [0.25, 0.3) is 0 Å². The molecule has 1 rings (SSSR count). The SMILES string of the molecule is CCN(CCN(C)C)C1(CN)CCCCCC1. The number of rotatable bonds is 6. The highest BCUT2D eigenvalue weighted by Gasteiger charge is 2.34. The predicted octanol–water partition coefficient (Wildman–Crippen LogP) is 1.92. The normalized spacial score (nSPS) is 20.8. The maximum Gasteiger partial charge on any atom is 0.0332 e. The van der Waals surface area contributed by atoms with Crippen LogP contribution in [0.4, 0.5) is 0 Å². The van der Waals surface area contributed by atoms with E-state index >= 15 is 0 Å². The fourth-order valence-electron chi connectivity index (χ4n) is 3.09. The molecule has 0 atom stereocenters. The van der Waals surface area contributed by atoms with Crippen molar-refractivity contribution in [2.75, 3.05) is 40.3 Å². The van der Waals surface area contributed by atoms with Crippen LogP contribution in [0.15, 0.2) is 0 Å². The van der Waals surface area contributed by atoms with Crippen LogP contribution < -0.4 is 5.73 Å². The van der Waals surface area contributed by atoms with Crippen LogP contribution in [0.5, 0.6) is 0 Å². The molecule has 1 saturated carbocycles. The van der Waals surface area contributed by atoms with Crippen molar-refractivity contribution in [3.8, 4) is 0 Å². The molecule has 0 amide bonds. The van der Waals surface area contributed by atoms with E-state index in [2.05, 4.69) is 30.8 Å². The minimum absolute atomic E-state index is 0.293. The first kappa shape index (κ1) is 14.9. The number of hydrogen-bond acceptors (Lipinski definition) is 3. The largest absolute Gasteiger partial charge is 0.329 e. The Kier molecular flexibility index (Phi) is 6.45. The third kappa shape index (κ3) is 4.23. The Labute approximate surface area is 107 Å². The van der Waals surface area contributed by atoms with Crippen LogP contribution in [0.1, 0.15) is 45.4 Å². The Bertz CT molecular complexity index is 196. The lowest BCUT2D eigenvalue weighted by Gasteiger charge is -2.43. The molecule has 0 aliphatic heterocycles. The van der Waals surface area contributed by atoms with Gasteiger partial charge in [0.05, 0.1) is 0 Å². The first-order valence-corrected chi connectivity index (χ1v) is 7.24. The zero-order valence-corrected chi connectivity index (χ0v) is 12.0. The van der Waals surface area contributed by atoms with Crippen molar-refractivity contribution in [1.29, 1.82) is 0 Å². The molecular weight excluding hydrogens is 210 g/mol. The Hall–Kier alpha value is -0.120. The zero-order valence-electron chi connectivity index (χ0n) is 12.0. The fourth-order valence-corrected chi connectivity index (χ4v) is 3.09. The van der Waals surface area contributed by atoms with Crippen molar-refractivity contribution in [1.82, 2.24) is 9.80 Å². The second-order valence-electron chi connectivity index (χ2n) is 5.73. The molecule has 0 aromatic rings. The van der Waals surface area contributed by atoms with Crippen LogP contribution in [0.25, 0.3) is 0 Å². The number of nitrogens with zero attached hydrogens (tertiary/aromatic N) is 2. The summed E-state index contributed by atoms with van der Waals surface area (Å²) in [5.74, 6) is 0. The highest BCUT2D eigenvalue weighted by atomic mass is 15.2. The van der Waals surface area contributed by atoms with E-state index in [1.165, 1.54) is 38.5 Å². The second kappa shape index (κ2) is 7.34. The highest BCUT2D eigenvalue weighted by molar-refractivity contribution is 4.93. The molecule has 1 aliphatic rings. The van der Waals surface area contributed by atoms with Crippen LogP contribution >= 0.6 is 0 Å². The molecule has 3 nitrogen and oxygen atoms in total. The summed E-state index contributed by atoms with van der Waals surface area (Å²) in [6.45, 7) is 6.52. The molecule has 0 aromatic heterocycles. The third-order valence-corrected chi connectivity index (χ3v) is 4.28. The molecule has 0 bridgehead atoms. The lowest BCUT2D eigenvalue weighted by molar-refractivity contribution is 0.0764. The molecule has 0 aromatic carbocycles. The van der Waals surface area contributed by atoms with Crippen molar-refractivity contribution < 1.29 is 0 Å². The van der Waals surface area contributed by atoms with Gasteiger partial charge in [0, 0.05) is 25.2 Å². The standard InChI is InChI=1S/C14H31N3/c1-4-17(12-11-16(2)3)14(13-15)9-7-5-6-8-10-14/h4-13,15H2,1-3H3. The average molecular weight is 241 g/mol. The monoisotopic (exact) mass is 241 g/mol. The smallest absolute Gasteiger partial charge is 0.0332 e. The summed E-state index contributed by atoms with van der Waals surface area (Å²) in [6.07, 6.45) is 8.10. The van der Waals surface area contributed by atoms with Crippen LogP contribution in [0, 0.1) is 0 Å². The lowest BCUT2D eigenvalue weighted by Crippen LogP contribution is -2.55. The number of hydrogen-bond donors (Lipinski definition) is 1.